The third-order valence-corrected chi connectivity index (χ3v) is 4.71. The summed E-state index contributed by atoms with van der Waals surface area (Å²) in [6.07, 6.45) is -10.0. The lowest BCUT2D eigenvalue weighted by atomic mass is 10.0. The first-order valence-electron chi connectivity index (χ1n) is 8.53. The second-order valence-electron chi connectivity index (χ2n) is 7.13. The molecule has 0 bridgehead atoms. The number of hydrogen-bond acceptors (Lipinski definition) is 2. The van der Waals surface area contributed by atoms with Crippen molar-refractivity contribution in [1.82, 2.24) is 9.80 Å². The Balaban J connectivity index is 2.25. The monoisotopic (exact) mass is 410 g/mol. The SMILES string of the molecule is CC(C)N(C)C(=O)[C@@H]1CC(=O)N(Cc2cc(C(F)(F)F)cc(C(F)(F)F)c2)C1. The zero-order valence-corrected chi connectivity index (χ0v) is 15.5. The van der Waals surface area contributed by atoms with Crippen molar-refractivity contribution in [3.05, 3.63) is 34.9 Å². The molecule has 0 radical (unpaired) electrons. The van der Waals surface area contributed by atoms with Crippen LogP contribution in [0.25, 0.3) is 0 Å². The molecule has 2 rings (SSSR count). The maximum absolute atomic E-state index is 13.0. The van der Waals surface area contributed by atoms with Gasteiger partial charge in [-0.15, -0.1) is 0 Å². The van der Waals surface area contributed by atoms with E-state index in [1.54, 1.807) is 20.9 Å². The fourth-order valence-electron chi connectivity index (χ4n) is 2.96. The average molecular weight is 410 g/mol. The van der Waals surface area contributed by atoms with Crippen molar-refractivity contribution in [3.8, 4) is 0 Å². The maximum atomic E-state index is 13.0. The standard InChI is InChI=1S/C18H20F6N2O2/c1-10(2)25(3)16(28)12-6-15(27)26(9-12)8-11-4-13(17(19,20)21)7-14(5-11)18(22,23)24/h4-5,7,10,12H,6,8-9H2,1-3H3/t12-/m1/s1. The summed E-state index contributed by atoms with van der Waals surface area (Å²) in [5.74, 6) is -1.44. The molecule has 1 heterocycles. The number of nitrogens with zero attached hydrogens (tertiary/aromatic N) is 2. The fraction of sp³-hybridized carbons (Fsp3) is 0.556. The molecule has 10 heteroatoms. The third-order valence-electron chi connectivity index (χ3n) is 4.71. The molecule has 1 aromatic rings. The van der Waals surface area contributed by atoms with E-state index in [1.807, 2.05) is 0 Å². The average Bonchev–Trinajstić information content (AvgIpc) is 2.92. The molecule has 1 aliphatic rings. The summed E-state index contributed by atoms with van der Waals surface area (Å²) in [6.45, 7) is 3.09. The predicted molar refractivity (Wildman–Crippen MR) is 87.9 cm³/mol. The van der Waals surface area contributed by atoms with Crippen LogP contribution < -0.4 is 0 Å². The van der Waals surface area contributed by atoms with Gasteiger partial charge in [-0.2, -0.15) is 26.3 Å². The molecule has 1 fully saturated rings. The van der Waals surface area contributed by atoms with Crippen molar-refractivity contribution in [2.75, 3.05) is 13.6 Å². The van der Waals surface area contributed by atoms with E-state index < -0.39 is 41.8 Å². The lowest BCUT2D eigenvalue weighted by Crippen LogP contribution is -2.38. The van der Waals surface area contributed by atoms with E-state index in [-0.39, 0.29) is 36.5 Å². The summed E-state index contributed by atoms with van der Waals surface area (Å²) >= 11 is 0. The van der Waals surface area contributed by atoms with Gasteiger partial charge in [0.15, 0.2) is 0 Å². The van der Waals surface area contributed by atoms with E-state index >= 15 is 0 Å². The molecule has 1 aliphatic heterocycles. The lowest BCUT2D eigenvalue weighted by molar-refractivity contribution is -0.143. The van der Waals surface area contributed by atoms with Crippen LogP contribution in [0.4, 0.5) is 26.3 Å². The van der Waals surface area contributed by atoms with Crippen LogP contribution in [-0.2, 0) is 28.5 Å². The largest absolute Gasteiger partial charge is 0.416 e. The fourth-order valence-corrected chi connectivity index (χ4v) is 2.96. The molecule has 0 saturated carbocycles. The lowest BCUT2D eigenvalue weighted by Gasteiger charge is -2.25. The summed E-state index contributed by atoms with van der Waals surface area (Å²) in [4.78, 5) is 27.1. The molecule has 0 aromatic heterocycles. The van der Waals surface area contributed by atoms with Gasteiger partial charge in [-0.05, 0) is 37.6 Å². The van der Waals surface area contributed by atoms with Crippen LogP contribution in [0.1, 0.15) is 37.0 Å². The van der Waals surface area contributed by atoms with Crippen LogP contribution in [-0.4, -0.2) is 41.2 Å². The van der Waals surface area contributed by atoms with Gasteiger partial charge in [0.2, 0.25) is 11.8 Å². The van der Waals surface area contributed by atoms with E-state index in [4.69, 9.17) is 0 Å². The molecular weight excluding hydrogens is 390 g/mol. The summed E-state index contributed by atoms with van der Waals surface area (Å²) in [5.41, 5.74) is -3.16. The molecular formula is C18H20F6N2O2. The second-order valence-corrected chi connectivity index (χ2v) is 7.13. The van der Waals surface area contributed by atoms with Gasteiger partial charge in [0, 0.05) is 32.6 Å². The quantitative estimate of drug-likeness (QED) is 0.706. The number of benzene rings is 1. The molecule has 2 amide bonds. The van der Waals surface area contributed by atoms with Crippen LogP contribution in [0, 0.1) is 5.92 Å². The molecule has 1 saturated heterocycles. The molecule has 0 aliphatic carbocycles. The van der Waals surface area contributed by atoms with Gasteiger partial charge in [-0.1, -0.05) is 0 Å². The molecule has 0 spiro atoms. The minimum atomic E-state index is -4.95. The Kier molecular flexibility index (Phi) is 6.01. The van der Waals surface area contributed by atoms with E-state index in [0.717, 1.165) is 4.90 Å². The van der Waals surface area contributed by atoms with Gasteiger partial charge < -0.3 is 9.80 Å². The van der Waals surface area contributed by atoms with Crippen molar-refractivity contribution in [2.45, 2.75) is 45.2 Å². The van der Waals surface area contributed by atoms with E-state index in [2.05, 4.69) is 0 Å². The summed E-state index contributed by atoms with van der Waals surface area (Å²) < 4.78 is 77.8. The first-order chi connectivity index (χ1) is 12.7. The highest BCUT2D eigenvalue weighted by Gasteiger charge is 2.39. The Morgan fingerprint density at radius 1 is 1.11 bits per heavy atom. The van der Waals surface area contributed by atoms with Crippen LogP contribution in [0.5, 0.6) is 0 Å². The number of carbonyl (C=O) groups excluding carboxylic acids is 2. The van der Waals surface area contributed by atoms with Gasteiger partial charge >= 0.3 is 12.4 Å². The van der Waals surface area contributed by atoms with Crippen molar-refractivity contribution in [3.63, 3.8) is 0 Å². The number of alkyl halides is 6. The van der Waals surface area contributed by atoms with Gasteiger partial charge in [0.1, 0.15) is 0 Å². The van der Waals surface area contributed by atoms with Crippen molar-refractivity contribution < 1.29 is 35.9 Å². The van der Waals surface area contributed by atoms with Crippen LogP contribution in [0.2, 0.25) is 0 Å². The topological polar surface area (TPSA) is 40.6 Å². The number of carbonyl (C=O) groups is 2. The zero-order valence-electron chi connectivity index (χ0n) is 15.5. The minimum Gasteiger partial charge on any atom is -0.343 e. The molecule has 1 aromatic carbocycles. The first-order valence-corrected chi connectivity index (χ1v) is 8.53. The molecule has 28 heavy (non-hydrogen) atoms. The number of amides is 2. The minimum absolute atomic E-state index is 0.0409. The van der Waals surface area contributed by atoms with E-state index in [0.29, 0.717) is 12.1 Å². The maximum Gasteiger partial charge on any atom is 0.416 e. The molecule has 0 unspecified atom stereocenters. The summed E-state index contributed by atoms with van der Waals surface area (Å²) in [5, 5.41) is 0. The van der Waals surface area contributed by atoms with Crippen molar-refractivity contribution in [2.24, 2.45) is 5.92 Å². The number of likely N-dealkylation sites (tertiary alicyclic amines) is 1. The van der Waals surface area contributed by atoms with E-state index in [9.17, 15) is 35.9 Å². The normalized spacial score (nSPS) is 18.1. The van der Waals surface area contributed by atoms with Gasteiger partial charge in [-0.25, -0.2) is 0 Å². The van der Waals surface area contributed by atoms with E-state index in [1.165, 1.54) is 4.90 Å². The second kappa shape index (κ2) is 7.63. The summed E-state index contributed by atoms with van der Waals surface area (Å²) in [7, 11) is 1.57. The smallest absolute Gasteiger partial charge is 0.343 e. The van der Waals surface area contributed by atoms with Crippen molar-refractivity contribution >= 4 is 11.8 Å². The number of rotatable bonds is 4. The number of hydrogen-bond donors (Lipinski definition) is 0. The molecule has 4 nitrogen and oxygen atoms in total. The van der Waals surface area contributed by atoms with Crippen molar-refractivity contribution in [1.29, 1.82) is 0 Å². The summed E-state index contributed by atoms with van der Waals surface area (Å²) in [6, 6.07) is 1.13. The molecule has 0 N–H and O–H groups in total. The van der Waals surface area contributed by atoms with Crippen LogP contribution in [0.3, 0.4) is 0 Å². The number of halogens is 6. The van der Waals surface area contributed by atoms with Gasteiger partial charge in [-0.3, -0.25) is 9.59 Å². The molecule has 156 valence electrons. The predicted octanol–water partition coefficient (Wildman–Crippen LogP) is 3.94. The van der Waals surface area contributed by atoms with Crippen LogP contribution in [0.15, 0.2) is 18.2 Å². The van der Waals surface area contributed by atoms with Gasteiger partial charge in [0.05, 0.1) is 17.0 Å². The molecule has 1 atom stereocenters. The Morgan fingerprint density at radius 2 is 1.61 bits per heavy atom. The highest BCUT2D eigenvalue weighted by Crippen LogP contribution is 2.37. The third kappa shape index (κ3) is 4.96. The Labute approximate surface area is 158 Å². The highest BCUT2D eigenvalue weighted by atomic mass is 19.4. The van der Waals surface area contributed by atoms with Gasteiger partial charge in [0.25, 0.3) is 0 Å². The first kappa shape index (κ1) is 22.0. The Morgan fingerprint density at radius 3 is 2.04 bits per heavy atom. The Bertz CT molecular complexity index is 725. The Hall–Kier alpha value is -2.26. The highest BCUT2D eigenvalue weighted by molar-refractivity contribution is 5.89. The van der Waals surface area contributed by atoms with Crippen LogP contribution >= 0.6 is 0 Å². The zero-order chi connectivity index (χ0) is 21.4.